The third-order valence-electron chi connectivity index (χ3n) is 4.92. The lowest BCUT2D eigenvalue weighted by atomic mass is 10.1. The monoisotopic (exact) mass is 446 g/mol. The van der Waals surface area contributed by atoms with Crippen LogP contribution in [-0.4, -0.2) is 22.7 Å². The van der Waals surface area contributed by atoms with Crippen LogP contribution in [-0.2, 0) is 9.63 Å². The van der Waals surface area contributed by atoms with Crippen molar-refractivity contribution in [2.24, 2.45) is 0 Å². The highest BCUT2D eigenvalue weighted by Gasteiger charge is 2.25. The van der Waals surface area contributed by atoms with Gasteiger partial charge in [-0.2, -0.15) is 4.84 Å². The number of hydrogen-bond acceptors (Lipinski definition) is 4. The number of rotatable bonds is 11. The summed E-state index contributed by atoms with van der Waals surface area (Å²) in [7, 11) is 0. The standard InChI is InChI=1S/C27H28NO3S/c1-2-3-4-9-14-24(21-29)28(31-27(30)22-12-7-5-8-13-22)23-17-19-26(20-18-23)32-25-15-10-6-11-16-25/h5-8,10-13,15-21H,2-4,9,14H2,1H3/q+1. The fourth-order valence-corrected chi connectivity index (χ4v) is 4.04. The Morgan fingerprint density at radius 3 is 2.09 bits per heavy atom. The Labute approximate surface area is 193 Å². The number of nitrogens with zero attached hydrogens (tertiary/aromatic N) is 1. The zero-order valence-corrected chi connectivity index (χ0v) is 19.1. The Kier molecular flexibility index (Phi) is 9.26. The summed E-state index contributed by atoms with van der Waals surface area (Å²) < 4.78 is 1.38. The van der Waals surface area contributed by atoms with Gasteiger partial charge < -0.3 is 0 Å². The largest absolute Gasteiger partial charge is 0.411 e. The van der Waals surface area contributed by atoms with Crippen LogP contribution >= 0.6 is 11.8 Å². The van der Waals surface area contributed by atoms with Gasteiger partial charge in [0, 0.05) is 33.1 Å². The van der Waals surface area contributed by atoms with Crippen molar-refractivity contribution in [2.45, 2.75) is 48.8 Å². The van der Waals surface area contributed by atoms with Crippen LogP contribution in [0.25, 0.3) is 0 Å². The summed E-state index contributed by atoms with van der Waals surface area (Å²) in [5.41, 5.74) is 1.52. The van der Waals surface area contributed by atoms with Gasteiger partial charge in [-0.1, -0.05) is 74.3 Å². The molecule has 32 heavy (non-hydrogen) atoms. The molecule has 0 saturated carbocycles. The fraction of sp³-hybridized carbons (Fsp3) is 0.222. The fourth-order valence-electron chi connectivity index (χ4n) is 3.20. The van der Waals surface area contributed by atoms with E-state index in [2.05, 4.69) is 19.1 Å². The normalized spacial score (nSPS) is 11.5. The predicted octanol–water partition coefficient (Wildman–Crippen LogP) is 6.86. The summed E-state index contributed by atoms with van der Waals surface area (Å²) in [6.07, 6.45) is 5.46. The topological polar surface area (TPSA) is 46.4 Å². The van der Waals surface area contributed by atoms with Gasteiger partial charge in [0.25, 0.3) is 11.4 Å². The Balaban J connectivity index is 1.85. The van der Waals surface area contributed by atoms with E-state index in [-0.39, 0.29) is 0 Å². The molecule has 0 heterocycles. The molecule has 0 unspecified atom stereocenters. The molecule has 3 aromatic rings. The van der Waals surface area contributed by atoms with Crippen LogP contribution < -0.4 is 0 Å². The minimum absolute atomic E-state index is 0.435. The zero-order valence-electron chi connectivity index (χ0n) is 18.3. The number of benzene rings is 3. The van der Waals surface area contributed by atoms with Gasteiger partial charge in [0.15, 0.2) is 0 Å². The highest BCUT2D eigenvalue weighted by Crippen LogP contribution is 2.29. The summed E-state index contributed by atoms with van der Waals surface area (Å²) in [4.78, 5) is 32.6. The van der Waals surface area contributed by atoms with Crippen LogP contribution in [0.15, 0.2) is 94.7 Å². The maximum Gasteiger partial charge on any atom is 0.411 e. The van der Waals surface area contributed by atoms with E-state index in [1.807, 2.05) is 48.5 Å². The van der Waals surface area contributed by atoms with E-state index in [1.54, 1.807) is 36.0 Å². The molecule has 0 spiro atoms. The Bertz CT molecular complexity index is 1030. The molecule has 5 heteroatoms. The van der Waals surface area contributed by atoms with E-state index in [0.29, 0.717) is 23.4 Å². The minimum Gasteiger partial charge on any atom is -0.291 e. The van der Waals surface area contributed by atoms with Gasteiger partial charge in [-0.05, 0) is 42.8 Å². The molecule has 0 fully saturated rings. The van der Waals surface area contributed by atoms with E-state index < -0.39 is 5.97 Å². The SMILES string of the molecule is CCCCCCC(C=O)=[N+](OC(=O)c1ccccc1)c1ccc(Sc2ccccc2)cc1. The molecule has 4 nitrogen and oxygen atoms in total. The average molecular weight is 447 g/mol. The van der Waals surface area contributed by atoms with Crippen molar-refractivity contribution in [3.8, 4) is 0 Å². The summed E-state index contributed by atoms with van der Waals surface area (Å²) in [5.74, 6) is -0.499. The lowest BCUT2D eigenvalue weighted by molar-refractivity contribution is -0.696. The van der Waals surface area contributed by atoms with E-state index >= 15 is 0 Å². The first-order valence-electron chi connectivity index (χ1n) is 10.9. The smallest absolute Gasteiger partial charge is 0.291 e. The van der Waals surface area contributed by atoms with Gasteiger partial charge >= 0.3 is 5.97 Å². The molecule has 0 N–H and O–H groups in total. The molecule has 0 bridgehead atoms. The number of hydrogen-bond donors (Lipinski definition) is 0. The van der Waals surface area contributed by atoms with Gasteiger partial charge in [0.05, 0.1) is 5.56 Å². The van der Waals surface area contributed by atoms with Gasteiger partial charge in [0.1, 0.15) is 0 Å². The van der Waals surface area contributed by atoms with Crippen molar-refractivity contribution in [1.82, 2.24) is 0 Å². The summed E-state index contributed by atoms with van der Waals surface area (Å²) in [6, 6.07) is 26.6. The van der Waals surface area contributed by atoms with Crippen molar-refractivity contribution in [3.63, 3.8) is 0 Å². The molecule has 0 aromatic heterocycles. The van der Waals surface area contributed by atoms with Gasteiger partial charge in [-0.25, -0.2) is 4.79 Å². The second kappa shape index (κ2) is 12.6. The van der Waals surface area contributed by atoms with Gasteiger partial charge in [-0.3, -0.25) is 4.79 Å². The molecular formula is C27H28NO3S+. The van der Waals surface area contributed by atoms with Crippen LogP contribution in [0.5, 0.6) is 0 Å². The molecule has 0 aliphatic carbocycles. The van der Waals surface area contributed by atoms with E-state index in [1.165, 1.54) is 4.74 Å². The molecule has 0 amide bonds. The number of carbonyl (C=O) groups excluding carboxylic acids is 2. The number of aldehydes is 1. The van der Waals surface area contributed by atoms with Crippen LogP contribution in [0, 0.1) is 0 Å². The molecule has 3 aromatic carbocycles. The average Bonchev–Trinajstić information content (AvgIpc) is 2.85. The first-order chi connectivity index (χ1) is 15.7. The van der Waals surface area contributed by atoms with E-state index in [0.717, 1.165) is 41.8 Å². The van der Waals surface area contributed by atoms with Gasteiger partial charge in [-0.15, -0.1) is 0 Å². The second-order valence-electron chi connectivity index (χ2n) is 7.37. The predicted molar refractivity (Wildman–Crippen MR) is 129 cm³/mol. The lowest BCUT2D eigenvalue weighted by Crippen LogP contribution is -2.23. The summed E-state index contributed by atoms with van der Waals surface area (Å²) >= 11 is 1.65. The van der Waals surface area contributed by atoms with E-state index in [9.17, 15) is 9.59 Å². The number of carbonyl (C=O) groups is 2. The first kappa shape index (κ1) is 23.5. The van der Waals surface area contributed by atoms with Crippen molar-refractivity contribution in [2.75, 3.05) is 0 Å². The maximum absolute atomic E-state index is 12.7. The van der Waals surface area contributed by atoms with Crippen molar-refractivity contribution in [1.29, 1.82) is 0 Å². The number of unbranched alkanes of at least 4 members (excludes halogenated alkanes) is 3. The van der Waals surface area contributed by atoms with Crippen molar-refractivity contribution < 1.29 is 19.2 Å². The molecular weight excluding hydrogens is 418 g/mol. The Morgan fingerprint density at radius 2 is 1.47 bits per heavy atom. The lowest BCUT2D eigenvalue weighted by Gasteiger charge is -2.06. The quantitative estimate of drug-likeness (QED) is 0.0806. The third-order valence-corrected chi connectivity index (χ3v) is 5.93. The van der Waals surface area contributed by atoms with Crippen LogP contribution in [0.4, 0.5) is 5.69 Å². The maximum atomic E-state index is 12.7. The van der Waals surface area contributed by atoms with Crippen LogP contribution in [0.1, 0.15) is 49.4 Å². The van der Waals surface area contributed by atoms with Crippen LogP contribution in [0.3, 0.4) is 0 Å². The molecule has 0 radical (unpaired) electrons. The van der Waals surface area contributed by atoms with Crippen LogP contribution in [0.2, 0.25) is 0 Å². The molecule has 164 valence electrons. The molecule has 0 saturated heterocycles. The van der Waals surface area contributed by atoms with Crippen molar-refractivity contribution >= 4 is 35.4 Å². The molecule has 0 aliphatic heterocycles. The zero-order chi connectivity index (χ0) is 22.6. The Hall–Kier alpha value is -3.18. The molecule has 3 rings (SSSR count). The second-order valence-corrected chi connectivity index (χ2v) is 8.51. The minimum atomic E-state index is -0.499. The first-order valence-corrected chi connectivity index (χ1v) is 11.7. The van der Waals surface area contributed by atoms with E-state index in [4.69, 9.17) is 4.84 Å². The Morgan fingerprint density at radius 1 is 0.844 bits per heavy atom. The molecule has 0 atom stereocenters. The summed E-state index contributed by atoms with van der Waals surface area (Å²) in [6.45, 7) is 2.15. The highest BCUT2D eigenvalue weighted by molar-refractivity contribution is 7.99. The highest BCUT2D eigenvalue weighted by atomic mass is 32.2. The summed E-state index contributed by atoms with van der Waals surface area (Å²) in [5, 5.41) is 0. The third kappa shape index (κ3) is 6.92. The molecule has 0 aliphatic rings. The van der Waals surface area contributed by atoms with Gasteiger partial charge in [0.2, 0.25) is 6.29 Å². The van der Waals surface area contributed by atoms with Crippen molar-refractivity contribution in [3.05, 3.63) is 90.5 Å².